The predicted octanol–water partition coefficient (Wildman–Crippen LogP) is 3.96. The van der Waals surface area contributed by atoms with Crippen LogP contribution >= 0.6 is 11.3 Å². The van der Waals surface area contributed by atoms with Crippen LogP contribution in [0.25, 0.3) is 0 Å². The Morgan fingerprint density at radius 2 is 2.15 bits per heavy atom. The minimum atomic E-state index is 0.340. The minimum Gasteiger partial charge on any atom is -0.381 e. The molecule has 0 amide bonds. The van der Waals surface area contributed by atoms with Gasteiger partial charge in [-0.2, -0.15) is 4.98 Å². The highest BCUT2D eigenvalue weighted by Gasteiger charge is 2.26. The summed E-state index contributed by atoms with van der Waals surface area (Å²) >= 11 is 1.75. The Balaban J connectivity index is 1.24. The number of nitrogens with zero attached hydrogens (tertiary/aromatic N) is 4. The smallest absolute Gasteiger partial charge is 0.231 e. The molecule has 2 aliphatic rings. The van der Waals surface area contributed by atoms with Crippen LogP contribution in [-0.2, 0) is 17.7 Å². The van der Waals surface area contributed by atoms with Crippen molar-refractivity contribution in [2.24, 2.45) is 5.92 Å². The van der Waals surface area contributed by atoms with Crippen LogP contribution in [0.5, 0.6) is 0 Å². The van der Waals surface area contributed by atoms with E-state index in [0.29, 0.717) is 12.5 Å². The highest BCUT2D eigenvalue weighted by atomic mass is 32.1. The van der Waals surface area contributed by atoms with E-state index in [1.165, 1.54) is 37.0 Å². The average molecular weight is 391 g/mol. The van der Waals surface area contributed by atoms with E-state index >= 15 is 0 Å². The van der Waals surface area contributed by atoms with Crippen molar-refractivity contribution in [2.45, 2.75) is 64.3 Å². The summed E-state index contributed by atoms with van der Waals surface area (Å²) in [7, 11) is 0. The number of hydrogen-bond donors (Lipinski definition) is 0. The van der Waals surface area contributed by atoms with E-state index in [9.17, 15) is 0 Å². The van der Waals surface area contributed by atoms with Crippen molar-refractivity contribution in [3.05, 3.63) is 27.8 Å². The second-order valence-corrected chi connectivity index (χ2v) is 8.90. The van der Waals surface area contributed by atoms with Gasteiger partial charge in [0.2, 0.25) is 5.89 Å². The topological polar surface area (TPSA) is 64.3 Å². The van der Waals surface area contributed by atoms with Gasteiger partial charge in [0.25, 0.3) is 0 Å². The molecule has 148 valence electrons. The molecular formula is C20H30N4O2S. The fraction of sp³-hybridized carbons (Fsp3) is 0.750. The quantitative estimate of drug-likeness (QED) is 0.636. The summed E-state index contributed by atoms with van der Waals surface area (Å²) in [4.78, 5) is 12.9. The highest BCUT2D eigenvalue weighted by molar-refractivity contribution is 7.09. The molecule has 0 bridgehead atoms. The van der Waals surface area contributed by atoms with Gasteiger partial charge in [-0.25, -0.2) is 4.98 Å². The Labute approximate surface area is 165 Å². The first-order chi connectivity index (χ1) is 13.3. The number of likely N-dealkylation sites (tertiary alicyclic amines) is 1. The van der Waals surface area contributed by atoms with Crippen LogP contribution in [0.2, 0.25) is 0 Å². The van der Waals surface area contributed by atoms with Crippen molar-refractivity contribution in [3.63, 3.8) is 0 Å². The van der Waals surface area contributed by atoms with E-state index in [-0.39, 0.29) is 0 Å². The SMILES string of the molecule is Cc1ncsc1CN1CCCC(c2nc(CCOCC3CCCC3)no2)C1. The van der Waals surface area contributed by atoms with Crippen molar-refractivity contribution < 1.29 is 9.26 Å². The van der Waals surface area contributed by atoms with Crippen LogP contribution in [0.15, 0.2) is 10.0 Å². The molecule has 0 N–H and O–H groups in total. The molecule has 0 aromatic carbocycles. The molecule has 27 heavy (non-hydrogen) atoms. The molecule has 1 aliphatic heterocycles. The van der Waals surface area contributed by atoms with Crippen molar-refractivity contribution in [1.82, 2.24) is 20.0 Å². The van der Waals surface area contributed by atoms with E-state index in [2.05, 4.69) is 26.9 Å². The fourth-order valence-electron chi connectivity index (χ4n) is 4.21. The second-order valence-electron chi connectivity index (χ2n) is 7.96. The summed E-state index contributed by atoms with van der Waals surface area (Å²) in [5.41, 5.74) is 3.09. The van der Waals surface area contributed by atoms with E-state index in [1.807, 2.05) is 5.51 Å². The molecule has 1 unspecified atom stereocenters. The summed E-state index contributed by atoms with van der Waals surface area (Å²) < 4.78 is 11.4. The molecule has 1 aliphatic carbocycles. The largest absolute Gasteiger partial charge is 0.381 e. The fourth-order valence-corrected chi connectivity index (χ4v) is 5.03. The standard InChI is InChI=1S/C20H30N4O2S/c1-15-18(27-14-21-15)12-24-9-4-7-17(11-24)20-22-19(23-26-20)8-10-25-13-16-5-2-3-6-16/h14,16-17H,2-13H2,1H3. The number of rotatable bonds is 8. The number of aromatic nitrogens is 3. The minimum absolute atomic E-state index is 0.340. The number of hydrogen-bond acceptors (Lipinski definition) is 7. The van der Waals surface area contributed by atoms with Gasteiger partial charge in [0.1, 0.15) is 0 Å². The van der Waals surface area contributed by atoms with Crippen molar-refractivity contribution in [1.29, 1.82) is 0 Å². The van der Waals surface area contributed by atoms with Gasteiger partial charge in [0.15, 0.2) is 5.82 Å². The molecule has 2 fully saturated rings. The third kappa shape index (κ3) is 5.15. The van der Waals surface area contributed by atoms with Gasteiger partial charge >= 0.3 is 0 Å². The molecular weight excluding hydrogens is 360 g/mol. The van der Waals surface area contributed by atoms with Crippen LogP contribution in [-0.4, -0.2) is 46.3 Å². The third-order valence-corrected chi connectivity index (χ3v) is 6.77. The van der Waals surface area contributed by atoms with Crippen LogP contribution < -0.4 is 0 Å². The summed E-state index contributed by atoms with van der Waals surface area (Å²) in [6, 6.07) is 0. The maximum absolute atomic E-state index is 5.83. The van der Waals surface area contributed by atoms with Crippen molar-refractivity contribution in [3.8, 4) is 0 Å². The molecule has 1 saturated carbocycles. The molecule has 1 atom stereocenters. The van der Waals surface area contributed by atoms with E-state index in [4.69, 9.17) is 9.26 Å². The summed E-state index contributed by atoms with van der Waals surface area (Å²) in [6.45, 7) is 6.76. The molecule has 4 rings (SSSR count). The zero-order valence-corrected chi connectivity index (χ0v) is 17.0. The van der Waals surface area contributed by atoms with E-state index in [1.54, 1.807) is 11.3 Å². The Morgan fingerprint density at radius 1 is 1.26 bits per heavy atom. The second kappa shape index (κ2) is 9.26. The Hall–Kier alpha value is -1.31. The van der Waals surface area contributed by atoms with Gasteiger partial charge in [-0.3, -0.25) is 4.90 Å². The zero-order valence-electron chi connectivity index (χ0n) is 16.2. The van der Waals surface area contributed by atoms with Gasteiger partial charge in [0.05, 0.1) is 23.7 Å². The molecule has 2 aromatic rings. The van der Waals surface area contributed by atoms with Gasteiger partial charge in [-0.15, -0.1) is 11.3 Å². The maximum Gasteiger partial charge on any atom is 0.231 e. The van der Waals surface area contributed by atoms with E-state index in [0.717, 1.165) is 62.4 Å². The first-order valence-electron chi connectivity index (χ1n) is 10.3. The third-order valence-electron chi connectivity index (χ3n) is 5.85. The molecule has 7 heteroatoms. The summed E-state index contributed by atoms with van der Waals surface area (Å²) in [5, 5.41) is 4.18. The number of thiazole rings is 1. The van der Waals surface area contributed by atoms with Crippen molar-refractivity contribution >= 4 is 11.3 Å². The molecule has 3 heterocycles. The monoisotopic (exact) mass is 390 g/mol. The lowest BCUT2D eigenvalue weighted by Crippen LogP contribution is -2.34. The van der Waals surface area contributed by atoms with Gasteiger partial charge < -0.3 is 9.26 Å². The summed E-state index contributed by atoms with van der Waals surface area (Å²) in [6.07, 6.45) is 8.42. The van der Waals surface area contributed by atoms with Crippen molar-refractivity contribution in [2.75, 3.05) is 26.3 Å². The van der Waals surface area contributed by atoms with Crippen LogP contribution in [0.4, 0.5) is 0 Å². The van der Waals surface area contributed by atoms with Gasteiger partial charge in [0, 0.05) is 31.0 Å². The lowest BCUT2D eigenvalue weighted by molar-refractivity contribution is 0.102. The van der Waals surface area contributed by atoms with E-state index < -0.39 is 0 Å². The Morgan fingerprint density at radius 3 is 2.96 bits per heavy atom. The predicted molar refractivity (Wildman–Crippen MR) is 105 cm³/mol. The first-order valence-corrected chi connectivity index (χ1v) is 11.2. The lowest BCUT2D eigenvalue weighted by Gasteiger charge is -2.30. The van der Waals surface area contributed by atoms with Gasteiger partial charge in [-0.1, -0.05) is 18.0 Å². The maximum atomic E-state index is 5.83. The molecule has 0 radical (unpaired) electrons. The van der Waals surface area contributed by atoms with Crippen LogP contribution in [0.3, 0.4) is 0 Å². The molecule has 0 spiro atoms. The van der Waals surface area contributed by atoms with Crippen LogP contribution in [0, 0.1) is 12.8 Å². The normalized spacial score (nSPS) is 21.9. The Bertz CT molecular complexity index is 710. The Kier molecular flexibility index (Phi) is 6.52. The highest BCUT2D eigenvalue weighted by Crippen LogP contribution is 2.28. The first kappa shape index (κ1) is 19.0. The molecule has 6 nitrogen and oxygen atoms in total. The zero-order chi connectivity index (χ0) is 18.5. The number of aryl methyl sites for hydroxylation is 1. The lowest BCUT2D eigenvalue weighted by atomic mass is 9.98. The number of piperidine rings is 1. The van der Waals surface area contributed by atoms with Gasteiger partial charge in [-0.05, 0) is 45.1 Å². The molecule has 2 aromatic heterocycles. The van der Waals surface area contributed by atoms with Crippen LogP contribution in [0.1, 0.15) is 66.7 Å². The molecule has 1 saturated heterocycles. The average Bonchev–Trinajstić information content (AvgIpc) is 3.43. The summed E-state index contributed by atoms with van der Waals surface area (Å²) in [5.74, 6) is 2.69. The number of ether oxygens (including phenoxy) is 1.